The van der Waals surface area contributed by atoms with Crippen LogP contribution in [0.5, 0.6) is 0 Å². The molecule has 0 aromatic carbocycles. The highest BCUT2D eigenvalue weighted by Crippen LogP contribution is 2.34. The Balaban J connectivity index is 1.77. The van der Waals surface area contributed by atoms with Crippen LogP contribution in [0, 0.1) is 6.92 Å². The number of nitrogens with zero attached hydrogens (tertiary/aromatic N) is 5. The topological polar surface area (TPSA) is 69.6 Å². The van der Waals surface area contributed by atoms with Gasteiger partial charge in [-0.3, -0.25) is 0 Å². The van der Waals surface area contributed by atoms with Gasteiger partial charge in [0.1, 0.15) is 5.82 Å². The van der Waals surface area contributed by atoms with E-state index < -0.39 is 0 Å². The maximum atomic E-state index is 5.38. The molecule has 6 nitrogen and oxygen atoms in total. The van der Waals surface area contributed by atoms with Crippen molar-refractivity contribution < 1.29 is 4.52 Å². The molecule has 3 aromatic rings. The van der Waals surface area contributed by atoms with Gasteiger partial charge >= 0.3 is 0 Å². The van der Waals surface area contributed by atoms with E-state index in [1.165, 1.54) is 0 Å². The molecule has 3 rings (SSSR count). The van der Waals surface area contributed by atoms with Crippen molar-refractivity contribution in [2.45, 2.75) is 30.8 Å². The number of thiophene rings is 1. The van der Waals surface area contributed by atoms with Crippen LogP contribution in [-0.4, -0.2) is 24.9 Å². The molecule has 0 amide bonds. The van der Waals surface area contributed by atoms with E-state index in [4.69, 9.17) is 4.52 Å². The van der Waals surface area contributed by atoms with E-state index >= 15 is 0 Å². The second kappa shape index (κ2) is 6.45. The molecular formula is C14H15N5OS2. The Morgan fingerprint density at radius 2 is 2.36 bits per heavy atom. The van der Waals surface area contributed by atoms with Gasteiger partial charge in [-0.2, -0.15) is 4.98 Å². The van der Waals surface area contributed by atoms with E-state index in [0.717, 1.165) is 15.9 Å². The van der Waals surface area contributed by atoms with E-state index in [1.54, 1.807) is 23.1 Å². The largest absolute Gasteiger partial charge is 0.338 e. The van der Waals surface area contributed by atoms with E-state index in [1.807, 2.05) is 42.0 Å². The summed E-state index contributed by atoms with van der Waals surface area (Å²) in [5.41, 5.74) is 0. The molecule has 0 bridgehead atoms. The van der Waals surface area contributed by atoms with Crippen LogP contribution in [0.2, 0.25) is 0 Å². The van der Waals surface area contributed by atoms with Crippen molar-refractivity contribution in [3.63, 3.8) is 0 Å². The van der Waals surface area contributed by atoms with Crippen molar-refractivity contribution >= 4 is 23.1 Å². The van der Waals surface area contributed by atoms with E-state index in [-0.39, 0.29) is 5.25 Å². The standard InChI is InChI=1S/C14H15N5OS2/c1-4-7-19-10(3)16-17-14(19)22-9(2)13-15-12(18-20-13)11-6-5-8-21-11/h4-6,8-9H,1,7H2,2-3H3/t9-/m1/s1. The third-order valence-electron chi connectivity index (χ3n) is 3.03. The summed E-state index contributed by atoms with van der Waals surface area (Å²) >= 11 is 3.13. The molecule has 0 saturated carbocycles. The van der Waals surface area contributed by atoms with Gasteiger partial charge in [0.2, 0.25) is 11.7 Å². The molecule has 0 N–H and O–H groups in total. The number of aromatic nitrogens is 5. The number of aryl methyl sites for hydroxylation is 1. The fraction of sp³-hybridized carbons (Fsp3) is 0.286. The van der Waals surface area contributed by atoms with Crippen LogP contribution in [0.25, 0.3) is 10.7 Å². The lowest BCUT2D eigenvalue weighted by Gasteiger charge is -2.07. The highest BCUT2D eigenvalue weighted by molar-refractivity contribution is 7.99. The fourth-order valence-electron chi connectivity index (χ4n) is 1.90. The summed E-state index contributed by atoms with van der Waals surface area (Å²) in [5, 5.41) is 15.1. The number of thioether (sulfide) groups is 1. The molecule has 0 unspecified atom stereocenters. The van der Waals surface area contributed by atoms with Gasteiger partial charge in [-0.05, 0) is 25.3 Å². The first-order chi connectivity index (χ1) is 10.7. The Labute approximate surface area is 136 Å². The monoisotopic (exact) mass is 333 g/mol. The average molecular weight is 333 g/mol. The quantitative estimate of drug-likeness (QED) is 0.505. The zero-order chi connectivity index (χ0) is 15.5. The predicted octanol–water partition coefficient (Wildman–Crippen LogP) is 3.74. The van der Waals surface area contributed by atoms with Crippen molar-refractivity contribution in [3.8, 4) is 10.7 Å². The molecule has 0 saturated heterocycles. The summed E-state index contributed by atoms with van der Waals surface area (Å²) < 4.78 is 7.38. The predicted molar refractivity (Wildman–Crippen MR) is 86.8 cm³/mol. The van der Waals surface area contributed by atoms with Crippen LogP contribution in [0.4, 0.5) is 0 Å². The first-order valence-electron chi connectivity index (χ1n) is 6.74. The minimum absolute atomic E-state index is 0.00613. The summed E-state index contributed by atoms with van der Waals surface area (Å²) in [5.74, 6) is 2.07. The van der Waals surface area contributed by atoms with E-state index in [0.29, 0.717) is 18.3 Å². The van der Waals surface area contributed by atoms with Crippen LogP contribution < -0.4 is 0 Å². The smallest absolute Gasteiger partial charge is 0.240 e. The molecule has 0 fully saturated rings. The summed E-state index contributed by atoms with van der Waals surface area (Å²) in [6.45, 7) is 8.38. The highest BCUT2D eigenvalue weighted by Gasteiger charge is 2.20. The van der Waals surface area contributed by atoms with E-state index in [9.17, 15) is 0 Å². The fourth-order valence-corrected chi connectivity index (χ4v) is 3.49. The first-order valence-corrected chi connectivity index (χ1v) is 8.49. The van der Waals surface area contributed by atoms with Gasteiger partial charge in [0.05, 0.1) is 10.1 Å². The maximum Gasteiger partial charge on any atom is 0.240 e. The molecular weight excluding hydrogens is 318 g/mol. The first kappa shape index (κ1) is 15.0. The number of hydrogen-bond acceptors (Lipinski definition) is 7. The van der Waals surface area contributed by atoms with Crippen molar-refractivity contribution in [2.75, 3.05) is 0 Å². The van der Waals surface area contributed by atoms with Gasteiger partial charge in [0.15, 0.2) is 5.16 Å². The van der Waals surface area contributed by atoms with Crippen LogP contribution in [0.1, 0.15) is 23.9 Å². The molecule has 3 aromatic heterocycles. The molecule has 0 radical (unpaired) electrons. The third-order valence-corrected chi connectivity index (χ3v) is 4.96. The van der Waals surface area contributed by atoms with Gasteiger partial charge in [-0.1, -0.05) is 29.1 Å². The van der Waals surface area contributed by atoms with Crippen molar-refractivity contribution in [3.05, 3.63) is 41.9 Å². The molecule has 3 heterocycles. The van der Waals surface area contributed by atoms with Gasteiger partial charge in [0, 0.05) is 6.54 Å². The molecule has 22 heavy (non-hydrogen) atoms. The van der Waals surface area contributed by atoms with Gasteiger partial charge in [-0.15, -0.1) is 28.1 Å². The summed E-state index contributed by atoms with van der Waals surface area (Å²) in [4.78, 5) is 5.46. The Hall–Kier alpha value is -1.93. The number of rotatable bonds is 6. The molecule has 8 heteroatoms. The Morgan fingerprint density at radius 3 is 3.09 bits per heavy atom. The van der Waals surface area contributed by atoms with Crippen molar-refractivity contribution in [1.29, 1.82) is 0 Å². The number of allylic oxidation sites excluding steroid dienone is 1. The van der Waals surface area contributed by atoms with Crippen LogP contribution >= 0.6 is 23.1 Å². The zero-order valence-corrected chi connectivity index (χ0v) is 13.9. The molecule has 114 valence electrons. The van der Waals surface area contributed by atoms with E-state index in [2.05, 4.69) is 26.9 Å². The second-order valence-corrected chi connectivity index (χ2v) is 6.88. The minimum Gasteiger partial charge on any atom is -0.338 e. The molecule has 0 aliphatic carbocycles. The summed E-state index contributed by atoms with van der Waals surface area (Å²) in [7, 11) is 0. The summed E-state index contributed by atoms with van der Waals surface area (Å²) in [6.07, 6.45) is 1.83. The lowest BCUT2D eigenvalue weighted by molar-refractivity contribution is 0.380. The maximum absolute atomic E-state index is 5.38. The molecule has 1 atom stereocenters. The van der Waals surface area contributed by atoms with Crippen LogP contribution in [-0.2, 0) is 6.54 Å². The Bertz CT molecular complexity index is 762. The normalized spacial score (nSPS) is 12.5. The second-order valence-electron chi connectivity index (χ2n) is 4.62. The van der Waals surface area contributed by atoms with Crippen LogP contribution in [0.3, 0.4) is 0 Å². The minimum atomic E-state index is -0.00613. The molecule has 0 spiro atoms. The number of hydrogen-bond donors (Lipinski definition) is 0. The lowest BCUT2D eigenvalue weighted by Crippen LogP contribution is -2.01. The lowest BCUT2D eigenvalue weighted by atomic mass is 10.4. The highest BCUT2D eigenvalue weighted by atomic mass is 32.2. The Kier molecular flexibility index (Phi) is 4.39. The molecule has 0 aliphatic rings. The Morgan fingerprint density at radius 1 is 1.50 bits per heavy atom. The zero-order valence-electron chi connectivity index (χ0n) is 12.3. The van der Waals surface area contributed by atoms with Gasteiger partial charge in [-0.25, -0.2) is 0 Å². The van der Waals surface area contributed by atoms with Gasteiger partial charge in [0.25, 0.3) is 0 Å². The SMILES string of the molecule is C=CCn1c(C)nnc1S[C@H](C)c1nc(-c2cccs2)no1. The van der Waals surface area contributed by atoms with Gasteiger partial charge < -0.3 is 9.09 Å². The summed E-state index contributed by atoms with van der Waals surface area (Å²) in [6, 6.07) is 3.94. The third kappa shape index (κ3) is 2.97. The molecule has 0 aliphatic heterocycles. The average Bonchev–Trinajstić information content (AvgIpc) is 3.22. The van der Waals surface area contributed by atoms with Crippen molar-refractivity contribution in [1.82, 2.24) is 24.9 Å². The van der Waals surface area contributed by atoms with Crippen molar-refractivity contribution in [2.24, 2.45) is 0 Å². The van der Waals surface area contributed by atoms with Crippen LogP contribution in [0.15, 0.2) is 39.8 Å².